The molecule has 1 aliphatic rings. The van der Waals surface area contributed by atoms with Gasteiger partial charge in [0.2, 0.25) is 5.76 Å². The maximum atomic E-state index is 11.8. The van der Waals surface area contributed by atoms with Gasteiger partial charge < -0.3 is 28.9 Å². The van der Waals surface area contributed by atoms with E-state index in [0.717, 1.165) is 6.08 Å². The van der Waals surface area contributed by atoms with E-state index in [0.29, 0.717) is 0 Å². The van der Waals surface area contributed by atoms with Crippen LogP contribution in [0, 0.1) is 0 Å². The molecule has 1 heterocycles. The van der Waals surface area contributed by atoms with E-state index >= 15 is 0 Å². The van der Waals surface area contributed by atoms with E-state index in [1.165, 1.54) is 21.0 Å². The van der Waals surface area contributed by atoms with Gasteiger partial charge in [0, 0.05) is 7.11 Å². The lowest BCUT2D eigenvalue weighted by Crippen LogP contribution is -2.34. The van der Waals surface area contributed by atoms with Gasteiger partial charge in [-0.1, -0.05) is 0 Å². The first-order valence-corrected chi connectivity index (χ1v) is 7.80. The van der Waals surface area contributed by atoms with Crippen molar-refractivity contribution in [3.63, 3.8) is 0 Å². The largest absolute Gasteiger partial charge is 0.525 e. The van der Waals surface area contributed by atoms with Crippen LogP contribution in [-0.4, -0.2) is 63.8 Å². The van der Waals surface area contributed by atoms with Crippen molar-refractivity contribution in [3.8, 4) is 0 Å². The number of hydrogen-bond donors (Lipinski definition) is 4. The lowest BCUT2D eigenvalue weighted by Gasteiger charge is -2.17. The van der Waals surface area contributed by atoms with Crippen molar-refractivity contribution in [2.75, 3.05) is 7.11 Å². The lowest BCUT2D eigenvalue weighted by molar-refractivity contribution is -0.146. The first kappa shape index (κ1) is 19.0. The summed E-state index contributed by atoms with van der Waals surface area (Å²) in [6, 6.07) is 0. The zero-order valence-corrected chi connectivity index (χ0v) is 13.0. The predicted octanol–water partition coefficient (Wildman–Crippen LogP) is -0.976. The molecule has 1 rings (SSSR count). The molecule has 0 bridgehead atoms. The van der Waals surface area contributed by atoms with Crippen molar-refractivity contribution < 1.29 is 48.1 Å². The van der Waals surface area contributed by atoms with Gasteiger partial charge in [-0.05, 0) is 19.9 Å². The van der Waals surface area contributed by atoms with Crippen LogP contribution in [0.2, 0.25) is 0 Å². The molecule has 1 unspecified atom stereocenters. The topological polar surface area (TPSA) is 152 Å². The standard InChI is InChI=1S/C11H19O10P/c1-5(2)19-10(13)7(21-22(15,16)17)4-6-9(18-3)8(12)11(14)20-6/h4-6,8-9,11-12,14H,1-3H3,(H2,15,16,17)/b7-4+/t6-,8-,9+,11?/m1/s1. The van der Waals surface area contributed by atoms with Crippen LogP contribution in [0.1, 0.15) is 13.8 Å². The van der Waals surface area contributed by atoms with Gasteiger partial charge in [0.15, 0.2) is 6.29 Å². The smallest absolute Gasteiger partial charge is 0.457 e. The van der Waals surface area contributed by atoms with Gasteiger partial charge >= 0.3 is 13.8 Å². The lowest BCUT2D eigenvalue weighted by atomic mass is 10.1. The summed E-state index contributed by atoms with van der Waals surface area (Å²) in [5.74, 6) is -1.94. The second-order valence-electron chi connectivity index (χ2n) is 4.75. The van der Waals surface area contributed by atoms with Crippen LogP contribution < -0.4 is 0 Å². The average Bonchev–Trinajstić information content (AvgIpc) is 2.61. The summed E-state index contributed by atoms with van der Waals surface area (Å²) in [7, 11) is -3.80. The van der Waals surface area contributed by atoms with Gasteiger partial charge in [0.25, 0.3) is 0 Å². The number of methoxy groups -OCH3 is 1. The number of carbonyl (C=O) groups is 1. The van der Waals surface area contributed by atoms with E-state index in [1.807, 2.05) is 0 Å². The van der Waals surface area contributed by atoms with Crippen LogP contribution in [0.3, 0.4) is 0 Å². The molecule has 0 spiro atoms. The number of aliphatic hydroxyl groups excluding tert-OH is 2. The van der Waals surface area contributed by atoms with Crippen LogP contribution in [0.4, 0.5) is 0 Å². The Balaban J connectivity index is 3.04. The monoisotopic (exact) mass is 342 g/mol. The zero-order valence-electron chi connectivity index (χ0n) is 12.1. The molecule has 4 N–H and O–H groups in total. The summed E-state index contributed by atoms with van der Waals surface area (Å²) in [6.07, 6.45) is -4.90. The Labute approximate surface area is 126 Å². The fourth-order valence-corrected chi connectivity index (χ4v) is 2.16. The van der Waals surface area contributed by atoms with E-state index in [1.54, 1.807) is 0 Å². The molecule has 128 valence electrons. The molecule has 22 heavy (non-hydrogen) atoms. The van der Waals surface area contributed by atoms with Gasteiger partial charge in [0.05, 0.1) is 6.10 Å². The molecule has 1 aliphatic heterocycles. The minimum absolute atomic E-state index is 0.560. The van der Waals surface area contributed by atoms with Gasteiger partial charge in [-0.2, -0.15) is 0 Å². The molecule has 0 saturated carbocycles. The Morgan fingerprint density at radius 2 is 1.91 bits per heavy atom. The zero-order chi connectivity index (χ0) is 17.1. The highest BCUT2D eigenvalue weighted by atomic mass is 31.2. The molecular formula is C11H19O10P. The normalized spacial score (nSPS) is 29.7. The molecular weight excluding hydrogens is 323 g/mol. The van der Waals surface area contributed by atoms with Crippen molar-refractivity contribution >= 4 is 13.8 Å². The molecule has 10 nitrogen and oxygen atoms in total. The minimum Gasteiger partial charge on any atom is -0.457 e. The third-order valence-corrected chi connectivity index (χ3v) is 3.03. The van der Waals surface area contributed by atoms with E-state index in [-0.39, 0.29) is 0 Å². The first-order chi connectivity index (χ1) is 10.0. The number of aliphatic hydroxyl groups is 2. The maximum Gasteiger partial charge on any atom is 0.525 e. The average molecular weight is 342 g/mol. The number of carbonyl (C=O) groups excluding carboxylic acids is 1. The third-order valence-electron chi connectivity index (χ3n) is 2.60. The molecule has 11 heteroatoms. The fraction of sp³-hybridized carbons (Fsp3) is 0.727. The number of ether oxygens (including phenoxy) is 3. The molecule has 4 atom stereocenters. The highest BCUT2D eigenvalue weighted by molar-refractivity contribution is 7.46. The van der Waals surface area contributed by atoms with E-state index in [9.17, 15) is 19.6 Å². The molecule has 0 radical (unpaired) electrons. The summed E-state index contributed by atoms with van der Waals surface area (Å²) in [4.78, 5) is 29.5. The highest BCUT2D eigenvalue weighted by Crippen LogP contribution is 2.40. The number of phosphoric ester groups is 1. The van der Waals surface area contributed by atoms with Crippen molar-refractivity contribution in [1.82, 2.24) is 0 Å². The van der Waals surface area contributed by atoms with Gasteiger partial charge in [-0.25, -0.2) is 9.36 Å². The number of rotatable bonds is 6. The first-order valence-electron chi connectivity index (χ1n) is 6.27. The quantitative estimate of drug-likeness (QED) is 0.205. The van der Waals surface area contributed by atoms with E-state index in [4.69, 9.17) is 24.0 Å². The summed E-state index contributed by atoms with van der Waals surface area (Å²) in [5.41, 5.74) is 0. The number of hydrogen-bond acceptors (Lipinski definition) is 8. The van der Waals surface area contributed by atoms with Crippen molar-refractivity contribution in [2.24, 2.45) is 0 Å². The summed E-state index contributed by atoms with van der Waals surface area (Å²) < 4.78 is 29.9. The molecule has 1 fully saturated rings. The molecule has 0 aliphatic carbocycles. The molecule has 1 saturated heterocycles. The van der Waals surface area contributed by atoms with Crippen LogP contribution in [0.15, 0.2) is 11.8 Å². The van der Waals surface area contributed by atoms with E-state index in [2.05, 4.69) is 4.52 Å². The van der Waals surface area contributed by atoms with E-state index < -0.39 is 50.3 Å². The number of phosphoric acid groups is 1. The SMILES string of the molecule is CO[C@H]1[C@@H](/C=C(/OP(=O)(O)O)C(=O)OC(C)C)OC(O)[C@@H]1O. The Hall–Kier alpha value is -1.00. The second-order valence-corrected chi connectivity index (χ2v) is 5.91. The summed E-state index contributed by atoms with van der Waals surface area (Å²) in [6.45, 7) is 3.06. The maximum absolute atomic E-state index is 11.8. The molecule has 0 aromatic heterocycles. The van der Waals surface area contributed by atoms with Gasteiger partial charge in [-0.3, -0.25) is 9.79 Å². The van der Waals surface area contributed by atoms with Crippen LogP contribution in [0.25, 0.3) is 0 Å². The Morgan fingerprint density at radius 1 is 1.32 bits per heavy atom. The van der Waals surface area contributed by atoms with Crippen molar-refractivity contribution in [2.45, 2.75) is 44.6 Å². The third kappa shape index (κ3) is 5.33. The van der Waals surface area contributed by atoms with Crippen LogP contribution in [-0.2, 0) is 28.1 Å². The minimum atomic E-state index is -5.03. The van der Waals surface area contributed by atoms with Crippen LogP contribution >= 0.6 is 7.82 Å². The van der Waals surface area contributed by atoms with Crippen molar-refractivity contribution in [1.29, 1.82) is 0 Å². The Kier molecular flexibility index (Phi) is 6.50. The molecule has 0 aromatic carbocycles. The fourth-order valence-electron chi connectivity index (χ4n) is 1.77. The van der Waals surface area contributed by atoms with Gasteiger partial charge in [-0.15, -0.1) is 0 Å². The highest BCUT2D eigenvalue weighted by Gasteiger charge is 2.43. The molecule has 0 amide bonds. The Bertz CT molecular complexity index is 469. The number of esters is 1. The summed E-state index contributed by atoms with van der Waals surface area (Å²) >= 11 is 0. The van der Waals surface area contributed by atoms with Gasteiger partial charge in [0.1, 0.15) is 18.3 Å². The Morgan fingerprint density at radius 3 is 2.36 bits per heavy atom. The van der Waals surface area contributed by atoms with Crippen molar-refractivity contribution in [3.05, 3.63) is 11.8 Å². The molecule has 0 aromatic rings. The second kappa shape index (κ2) is 7.51. The van der Waals surface area contributed by atoms with Crippen LogP contribution in [0.5, 0.6) is 0 Å². The summed E-state index contributed by atoms with van der Waals surface area (Å²) in [5, 5.41) is 19.0. The predicted molar refractivity (Wildman–Crippen MR) is 70.1 cm³/mol.